The minimum absolute atomic E-state index is 0.0694. The van der Waals surface area contributed by atoms with E-state index in [-0.39, 0.29) is 18.4 Å². The van der Waals surface area contributed by atoms with Gasteiger partial charge >= 0.3 is 0 Å². The number of nitrogens with one attached hydrogen (secondary N) is 2. The quantitative estimate of drug-likeness (QED) is 0.892. The Hall–Kier alpha value is -2.82. The van der Waals surface area contributed by atoms with Gasteiger partial charge in [0.05, 0.1) is 0 Å². The standard InChI is InChI=1S/C18H20N2O3/c1-12-8-13(2)10-16(9-12)23-11-17(21)20-15-6-4-14(5-7-15)18(22)19-3/h4-10H,11H2,1-3H3,(H,19,22)(H,20,21). The molecule has 0 saturated heterocycles. The Morgan fingerprint density at radius 2 is 1.61 bits per heavy atom. The zero-order valence-electron chi connectivity index (χ0n) is 13.5. The van der Waals surface area contributed by atoms with E-state index in [1.807, 2.05) is 32.0 Å². The molecule has 0 aliphatic carbocycles. The number of carbonyl (C=O) groups excluding carboxylic acids is 2. The molecule has 0 saturated carbocycles. The number of hydrogen-bond donors (Lipinski definition) is 2. The molecule has 2 N–H and O–H groups in total. The topological polar surface area (TPSA) is 67.4 Å². The number of ether oxygens (including phenoxy) is 1. The van der Waals surface area contributed by atoms with Gasteiger partial charge in [-0.3, -0.25) is 9.59 Å². The van der Waals surface area contributed by atoms with Crippen LogP contribution < -0.4 is 15.4 Å². The van der Waals surface area contributed by atoms with Crippen molar-refractivity contribution in [3.8, 4) is 5.75 Å². The van der Waals surface area contributed by atoms with Gasteiger partial charge in [0.1, 0.15) is 5.75 Å². The number of amides is 2. The SMILES string of the molecule is CNC(=O)c1ccc(NC(=O)COc2cc(C)cc(C)c2)cc1. The highest BCUT2D eigenvalue weighted by molar-refractivity contribution is 5.95. The third-order valence-corrected chi connectivity index (χ3v) is 3.22. The van der Waals surface area contributed by atoms with Crippen molar-refractivity contribution >= 4 is 17.5 Å². The molecule has 0 fully saturated rings. The molecule has 0 heterocycles. The molecule has 0 radical (unpaired) electrons. The average molecular weight is 312 g/mol. The lowest BCUT2D eigenvalue weighted by molar-refractivity contribution is -0.118. The van der Waals surface area contributed by atoms with Crippen molar-refractivity contribution in [2.24, 2.45) is 0 Å². The predicted octanol–water partition coefficient (Wildman–Crippen LogP) is 2.68. The molecule has 120 valence electrons. The van der Waals surface area contributed by atoms with E-state index in [9.17, 15) is 9.59 Å². The number of aryl methyl sites for hydroxylation is 2. The Labute approximate surface area is 135 Å². The molecule has 23 heavy (non-hydrogen) atoms. The molecule has 0 aliphatic heterocycles. The van der Waals surface area contributed by atoms with Crippen molar-refractivity contribution in [2.45, 2.75) is 13.8 Å². The van der Waals surface area contributed by atoms with Gasteiger partial charge in [0, 0.05) is 18.3 Å². The third kappa shape index (κ3) is 4.85. The number of rotatable bonds is 5. The summed E-state index contributed by atoms with van der Waals surface area (Å²) in [6.07, 6.45) is 0. The second kappa shape index (κ2) is 7.45. The Kier molecular flexibility index (Phi) is 5.36. The zero-order valence-corrected chi connectivity index (χ0v) is 13.5. The summed E-state index contributed by atoms with van der Waals surface area (Å²) in [4.78, 5) is 23.4. The second-order valence-electron chi connectivity index (χ2n) is 5.32. The molecule has 5 nitrogen and oxygen atoms in total. The highest BCUT2D eigenvalue weighted by Gasteiger charge is 2.06. The van der Waals surface area contributed by atoms with E-state index in [1.165, 1.54) is 0 Å². The Morgan fingerprint density at radius 1 is 1.00 bits per heavy atom. The molecule has 0 aromatic heterocycles. The van der Waals surface area contributed by atoms with Gasteiger partial charge in [0.2, 0.25) is 0 Å². The van der Waals surface area contributed by atoms with Crippen molar-refractivity contribution in [1.29, 1.82) is 0 Å². The first-order chi connectivity index (χ1) is 11.0. The average Bonchev–Trinajstić information content (AvgIpc) is 2.52. The first-order valence-electron chi connectivity index (χ1n) is 7.31. The van der Waals surface area contributed by atoms with E-state index < -0.39 is 0 Å². The number of benzene rings is 2. The van der Waals surface area contributed by atoms with Gasteiger partial charge in [-0.25, -0.2) is 0 Å². The van der Waals surface area contributed by atoms with E-state index >= 15 is 0 Å². The number of anilines is 1. The lowest BCUT2D eigenvalue weighted by Gasteiger charge is -2.09. The van der Waals surface area contributed by atoms with Crippen LogP contribution in [0, 0.1) is 13.8 Å². The summed E-state index contributed by atoms with van der Waals surface area (Å²) in [5.74, 6) is 0.255. The van der Waals surface area contributed by atoms with Gasteiger partial charge in [-0.15, -0.1) is 0 Å². The van der Waals surface area contributed by atoms with Crippen LogP contribution in [0.1, 0.15) is 21.5 Å². The number of carbonyl (C=O) groups is 2. The Bertz CT molecular complexity index is 688. The molecule has 5 heteroatoms. The zero-order chi connectivity index (χ0) is 16.8. The van der Waals surface area contributed by atoms with Gasteiger partial charge in [-0.1, -0.05) is 6.07 Å². The second-order valence-corrected chi connectivity index (χ2v) is 5.32. The fourth-order valence-corrected chi connectivity index (χ4v) is 2.21. The van der Waals surface area contributed by atoms with E-state index in [0.29, 0.717) is 17.0 Å². The molecule has 2 rings (SSSR count). The van der Waals surface area contributed by atoms with Crippen LogP contribution in [0.5, 0.6) is 5.75 Å². The van der Waals surface area contributed by atoms with Crippen LogP contribution in [0.25, 0.3) is 0 Å². The van der Waals surface area contributed by atoms with Gasteiger partial charge < -0.3 is 15.4 Å². The van der Waals surface area contributed by atoms with Crippen LogP contribution in [-0.4, -0.2) is 25.5 Å². The summed E-state index contributed by atoms with van der Waals surface area (Å²) in [5, 5.41) is 5.27. The molecule has 2 aromatic rings. The fraction of sp³-hybridized carbons (Fsp3) is 0.222. The van der Waals surface area contributed by atoms with Crippen molar-refractivity contribution in [3.63, 3.8) is 0 Å². The van der Waals surface area contributed by atoms with Crippen LogP contribution >= 0.6 is 0 Å². The van der Waals surface area contributed by atoms with Gasteiger partial charge in [-0.05, 0) is 61.4 Å². The monoisotopic (exact) mass is 312 g/mol. The fourth-order valence-electron chi connectivity index (χ4n) is 2.21. The molecular formula is C18H20N2O3. The van der Waals surface area contributed by atoms with Crippen molar-refractivity contribution in [3.05, 3.63) is 59.2 Å². The summed E-state index contributed by atoms with van der Waals surface area (Å²) in [6.45, 7) is 3.89. The van der Waals surface area contributed by atoms with Gasteiger partial charge in [0.15, 0.2) is 6.61 Å². The summed E-state index contributed by atoms with van der Waals surface area (Å²) in [7, 11) is 1.57. The van der Waals surface area contributed by atoms with E-state index in [1.54, 1.807) is 31.3 Å². The molecular weight excluding hydrogens is 292 g/mol. The lowest BCUT2D eigenvalue weighted by Crippen LogP contribution is -2.20. The highest BCUT2D eigenvalue weighted by atomic mass is 16.5. The van der Waals surface area contributed by atoms with Crippen LogP contribution in [0.3, 0.4) is 0 Å². The molecule has 2 aromatic carbocycles. The first kappa shape index (κ1) is 16.5. The minimum Gasteiger partial charge on any atom is -0.484 e. The summed E-state index contributed by atoms with van der Waals surface area (Å²) in [5.41, 5.74) is 3.33. The van der Waals surface area contributed by atoms with E-state index in [4.69, 9.17) is 4.74 Å². The van der Waals surface area contributed by atoms with Gasteiger partial charge in [-0.2, -0.15) is 0 Å². The van der Waals surface area contributed by atoms with E-state index in [2.05, 4.69) is 10.6 Å². The molecule has 0 bridgehead atoms. The lowest BCUT2D eigenvalue weighted by atomic mass is 10.1. The first-order valence-corrected chi connectivity index (χ1v) is 7.31. The summed E-state index contributed by atoms with van der Waals surface area (Å²) >= 11 is 0. The maximum absolute atomic E-state index is 11.9. The Morgan fingerprint density at radius 3 is 2.17 bits per heavy atom. The normalized spacial score (nSPS) is 10.0. The molecule has 2 amide bonds. The maximum atomic E-state index is 11.9. The van der Waals surface area contributed by atoms with Crippen LogP contribution in [0.2, 0.25) is 0 Å². The van der Waals surface area contributed by atoms with Crippen LogP contribution in [0.15, 0.2) is 42.5 Å². The maximum Gasteiger partial charge on any atom is 0.262 e. The van der Waals surface area contributed by atoms with Gasteiger partial charge in [0.25, 0.3) is 11.8 Å². The van der Waals surface area contributed by atoms with Crippen molar-refractivity contribution in [1.82, 2.24) is 5.32 Å². The Balaban J connectivity index is 1.90. The highest BCUT2D eigenvalue weighted by Crippen LogP contribution is 2.16. The smallest absolute Gasteiger partial charge is 0.262 e. The number of hydrogen-bond acceptors (Lipinski definition) is 3. The van der Waals surface area contributed by atoms with Crippen molar-refractivity contribution in [2.75, 3.05) is 19.0 Å². The van der Waals surface area contributed by atoms with Crippen LogP contribution in [-0.2, 0) is 4.79 Å². The molecule has 0 spiro atoms. The minimum atomic E-state index is -0.253. The third-order valence-electron chi connectivity index (χ3n) is 3.22. The van der Waals surface area contributed by atoms with E-state index in [0.717, 1.165) is 11.1 Å². The summed E-state index contributed by atoms with van der Waals surface area (Å²) in [6, 6.07) is 12.5. The largest absolute Gasteiger partial charge is 0.484 e. The molecule has 0 aliphatic rings. The molecule has 0 unspecified atom stereocenters. The molecule has 0 atom stereocenters. The van der Waals surface area contributed by atoms with Crippen LogP contribution in [0.4, 0.5) is 5.69 Å². The summed E-state index contributed by atoms with van der Waals surface area (Å²) < 4.78 is 5.50. The van der Waals surface area contributed by atoms with Crippen molar-refractivity contribution < 1.29 is 14.3 Å². The predicted molar refractivity (Wildman–Crippen MR) is 89.9 cm³/mol.